The third-order valence-corrected chi connectivity index (χ3v) is 7.97. The second kappa shape index (κ2) is 8.60. The Hall–Kier alpha value is -5.32. The van der Waals surface area contributed by atoms with Gasteiger partial charge in [-0.25, -0.2) is 4.85 Å². The van der Waals surface area contributed by atoms with Crippen molar-refractivity contribution in [2.75, 3.05) is 0 Å². The van der Waals surface area contributed by atoms with Crippen molar-refractivity contribution in [3.05, 3.63) is 124 Å². The number of hydrogen-bond acceptors (Lipinski definition) is 1. The summed E-state index contributed by atoms with van der Waals surface area (Å²) in [4.78, 5) is 4.02. The molecule has 0 bridgehead atoms. The van der Waals surface area contributed by atoms with Crippen LogP contribution < -0.4 is 0 Å². The zero-order valence-corrected chi connectivity index (χ0v) is 22.9. The van der Waals surface area contributed by atoms with Gasteiger partial charge in [0.1, 0.15) is 6.07 Å². The summed E-state index contributed by atoms with van der Waals surface area (Å²) in [7, 11) is 0. The molecule has 4 nitrogen and oxygen atoms in total. The van der Waals surface area contributed by atoms with Crippen LogP contribution in [0.1, 0.15) is 27.8 Å². The van der Waals surface area contributed by atoms with Gasteiger partial charge in [0.2, 0.25) is 5.69 Å². The van der Waals surface area contributed by atoms with Gasteiger partial charge in [-0.3, -0.25) is 0 Å². The Morgan fingerprint density at radius 2 is 0.925 bits per heavy atom. The van der Waals surface area contributed by atoms with Gasteiger partial charge < -0.3 is 9.13 Å². The van der Waals surface area contributed by atoms with Gasteiger partial charge in [-0.2, -0.15) is 5.26 Å². The molecule has 0 saturated carbocycles. The van der Waals surface area contributed by atoms with Gasteiger partial charge in [0.15, 0.2) is 0 Å². The Balaban J connectivity index is 1.59. The third kappa shape index (κ3) is 3.37. The molecule has 2 heterocycles. The van der Waals surface area contributed by atoms with E-state index in [9.17, 15) is 5.26 Å². The molecule has 0 aliphatic heterocycles. The van der Waals surface area contributed by atoms with Gasteiger partial charge in [-0.05, 0) is 88.4 Å². The maximum Gasteiger partial charge on any atom is 0.212 e. The smallest absolute Gasteiger partial charge is 0.212 e. The van der Waals surface area contributed by atoms with Crippen molar-refractivity contribution in [3.63, 3.8) is 0 Å². The molecule has 0 aliphatic carbocycles. The van der Waals surface area contributed by atoms with E-state index in [-0.39, 0.29) is 0 Å². The maximum absolute atomic E-state index is 10.5. The van der Waals surface area contributed by atoms with Crippen LogP contribution in [-0.4, -0.2) is 9.13 Å². The SMILES string of the molecule is [C-]#[N+]c1cc(-n2c3ccc(C)cc3c3cc(C)ccc32)c(C#N)cc1-n1c2ccc(C)cc2c2cc(C)ccc21. The fraction of sp³-hybridized carbons (Fsp3) is 0.111. The standard InChI is InChI=1S/C36H26N4/c1-21-6-10-31-26(14-21)27-15-22(2)7-11-32(27)39(31)35-19-30(38-5)36(18-25(35)20-37)40-33-12-8-23(3)16-28(33)29-17-24(4)9-13-34(29)40/h6-19H,1-4H3. The van der Waals surface area contributed by atoms with Gasteiger partial charge in [0.25, 0.3) is 0 Å². The van der Waals surface area contributed by atoms with Gasteiger partial charge in [0.05, 0.1) is 45.6 Å². The topological polar surface area (TPSA) is 38.0 Å². The van der Waals surface area contributed by atoms with Gasteiger partial charge >= 0.3 is 0 Å². The molecule has 0 saturated heterocycles. The van der Waals surface area contributed by atoms with E-state index in [0.29, 0.717) is 11.3 Å². The van der Waals surface area contributed by atoms with Crippen molar-refractivity contribution in [1.29, 1.82) is 5.26 Å². The second-order valence-electron chi connectivity index (χ2n) is 10.8. The minimum atomic E-state index is 0.503. The highest BCUT2D eigenvalue weighted by Crippen LogP contribution is 2.40. The summed E-state index contributed by atoms with van der Waals surface area (Å²) in [5.74, 6) is 0. The summed E-state index contributed by atoms with van der Waals surface area (Å²) < 4.78 is 4.28. The number of hydrogen-bond donors (Lipinski definition) is 0. The lowest BCUT2D eigenvalue weighted by molar-refractivity contribution is 1.14. The molecule has 0 N–H and O–H groups in total. The first-order valence-electron chi connectivity index (χ1n) is 13.4. The largest absolute Gasteiger partial charge is 0.319 e. The molecule has 5 aromatic carbocycles. The van der Waals surface area contributed by atoms with Crippen LogP contribution in [0.15, 0.2) is 84.9 Å². The van der Waals surface area contributed by atoms with Crippen molar-refractivity contribution < 1.29 is 0 Å². The molecule has 0 unspecified atom stereocenters. The number of nitrogens with zero attached hydrogens (tertiary/aromatic N) is 4. The van der Waals surface area contributed by atoms with Crippen molar-refractivity contribution in [2.24, 2.45) is 0 Å². The highest BCUT2D eigenvalue weighted by molar-refractivity contribution is 6.11. The lowest BCUT2D eigenvalue weighted by atomic mass is 10.1. The molecule has 0 aliphatic rings. The van der Waals surface area contributed by atoms with Crippen LogP contribution >= 0.6 is 0 Å². The molecule has 0 amide bonds. The minimum absolute atomic E-state index is 0.503. The molecular weight excluding hydrogens is 488 g/mol. The normalized spacial score (nSPS) is 11.4. The van der Waals surface area contributed by atoms with Gasteiger partial charge in [-0.15, -0.1) is 0 Å². The molecular formula is C36H26N4. The second-order valence-corrected chi connectivity index (χ2v) is 10.8. The lowest BCUT2D eigenvalue weighted by Gasteiger charge is -2.16. The van der Waals surface area contributed by atoms with E-state index in [2.05, 4.69) is 121 Å². The van der Waals surface area contributed by atoms with Gasteiger partial charge in [0, 0.05) is 21.5 Å². The molecule has 0 radical (unpaired) electrons. The zero-order chi connectivity index (χ0) is 27.7. The fourth-order valence-electron chi connectivity index (χ4n) is 6.13. The predicted octanol–water partition coefficient (Wildman–Crippen LogP) is 9.54. The fourth-order valence-corrected chi connectivity index (χ4v) is 6.13. The Kier molecular flexibility index (Phi) is 5.11. The van der Waals surface area contributed by atoms with E-state index in [1.807, 2.05) is 12.1 Å². The van der Waals surface area contributed by atoms with Crippen molar-refractivity contribution in [1.82, 2.24) is 9.13 Å². The highest BCUT2D eigenvalue weighted by atomic mass is 15.0. The minimum Gasteiger partial charge on any atom is -0.319 e. The van der Waals surface area contributed by atoms with Crippen LogP contribution in [0.25, 0.3) is 59.8 Å². The zero-order valence-electron chi connectivity index (χ0n) is 22.9. The number of aromatic nitrogens is 2. The molecule has 4 heteroatoms. The summed E-state index contributed by atoms with van der Waals surface area (Å²) in [6.45, 7) is 16.6. The number of aryl methyl sites for hydroxylation is 4. The summed E-state index contributed by atoms with van der Waals surface area (Å²) in [5.41, 5.74) is 11.3. The van der Waals surface area contributed by atoms with E-state index >= 15 is 0 Å². The van der Waals surface area contributed by atoms with Crippen molar-refractivity contribution in [3.8, 4) is 17.4 Å². The quantitative estimate of drug-likeness (QED) is 0.212. The van der Waals surface area contributed by atoms with E-state index in [1.165, 1.54) is 22.3 Å². The average molecular weight is 515 g/mol. The van der Waals surface area contributed by atoms with Crippen LogP contribution in [0.5, 0.6) is 0 Å². The first-order valence-corrected chi connectivity index (χ1v) is 13.4. The molecule has 40 heavy (non-hydrogen) atoms. The summed E-state index contributed by atoms with van der Waals surface area (Å²) in [6.07, 6.45) is 0. The molecule has 0 spiro atoms. The molecule has 7 aromatic rings. The average Bonchev–Trinajstić information content (AvgIpc) is 3.43. The Labute approximate surface area is 232 Å². The van der Waals surface area contributed by atoms with Crippen LogP contribution in [0, 0.1) is 45.6 Å². The molecule has 0 atom stereocenters. The highest BCUT2D eigenvalue weighted by Gasteiger charge is 2.21. The lowest BCUT2D eigenvalue weighted by Crippen LogP contribution is -2.01. The Morgan fingerprint density at radius 1 is 0.550 bits per heavy atom. The third-order valence-electron chi connectivity index (χ3n) is 7.97. The van der Waals surface area contributed by atoms with Crippen LogP contribution in [0.2, 0.25) is 0 Å². The number of fused-ring (bicyclic) bond motifs is 6. The number of benzene rings is 5. The van der Waals surface area contributed by atoms with Crippen LogP contribution in [-0.2, 0) is 0 Å². The molecule has 2 aromatic heterocycles. The molecule has 7 rings (SSSR count). The Bertz CT molecular complexity index is 2000. The van der Waals surface area contributed by atoms with Crippen LogP contribution in [0.4, 0.5) is 5.69 Å². The van der Waals surface area contributed by atoms with E-state index < -0.39 is 0 Å². The summed E-state index contributed by atoms with van der Waals surface area (Å²) >= 11 is 0. The number of nitriles is 1. The maximum atomic E-state index is 10.5. The van der Waals surface area contributed by atoms with E-state index in [0.717, 1.165) is 55.0 Å². The Morgan fingerprint density at radius 3 is 1.27 bits per heavy atom. The summed E-state index contributed by atoms with van der Waals surface area (Å²) in [5, 5.41) is 15.1. The molecule has 0 fully saturated rings. The monoisotopic (exact) mass is 514 g/mol. The predicted molar refractivity (Wildman–Crippen MR) is 165 cm³/mol. The van der Waals surface area contributed by atoms with Crippen LogP contribution in [0.3, 0.4) is 0 Å². The van der Waals surface area contributed by atoms with Crippen molar-refractivity contribution >= 4 is 49.3 Å². The first kappa shape index (κ1) is 23.8. The summed E-state index contributed by atoms with van der Waals surface area (Å²) in [6, 6.07) is 31.9. The van der Waals surface area contributed by atoms with E-state index in [4.69, 9.17) is 6.57 Å². The van der Waals surface area contributed by atoms with Crippen molar-refractivity contribution in [2.45, 2.75) is 27.7 Å². The van der Waals surface area contributed by atoms with E-state index in [1.54, 1.807) is 0 Å². The van der Waals surface area contributed by atoms with Gasteiger partial charge in [-0.1, -0.05) is 46.5 Å². The number of rotatable bonds is 2. The molecule has 190 valence electrons. The first-order chi connectivity index (χ1) is 19.4.